The number of ether oxygens (including phenoxy) is 1. The molecule has 13 heteroatoms. The van der Waals surface area contributed by atoms with Crippen LogP contribution in [0.2, 0.25) is 5.02 Å². The van der Waals surface area contributed by atoms with Gasteiger partial charge in [-0.05, 0) is 61.9 Å². The Hall–Kier alpha value is -4.97. The molecular formula is C31H23ClF4N4O4. The molecule has 0 bridgehead atoms. The highest BCUT2D eigenvalue weighted by Crippen LogP contribution is 2.41. The maximum absolute atomic E-state index is 15.5. The van der Waals surface area contributed by atoms with Crippen molar-refractivity contribution in [3.8, 4) is 22.9 Å². The van der Waals surface area contributed by atoms with Gasteiger partial charge in [0, 0.05) is 48.9 Å². The van der Waals surface area contributed by atoms with E-state index >= 15 is 4.39 Å². The van der Waals surface area contributed by atoms with Crippen molar-refractivity contribution in [2.45, 2.75) is 32.6 Å². The van der Waals surface area contributed by atoms with Gasteiger partial charge >= 0.3 is 12.1 Å². The average Bonchev–Trinajstić information content (AvgIpc) is 3.45. The molecule has 1 N–H and O–H groups in total. The van der Waals surface area contributed by atoms with Crippen LogP contribution in [0.1, 0.15) is 45.8 Å². The summed E-state index contributed by atoms with van der Waals surface area (Å²) in [5.74, 6) is -4.41. The minimum Gasteiger partial charge on any atom is -0.478 e. The molecule has 2 aromatic carbocycles. The van der Waals surface area contributed by atoms with Crippen molar-refractivity contribution in [2.75, 3.05) is 4.90 Å². The summed E-state index contributed by atoms with van der Waals surface area (Å²) in [5.41, 5.74) is -1.09. The summed E-state index contributed by atoms with van der Waals surface area (Å²) >= 11 is 5.85. The molecule has 0 aliphatic carbocycles. The van der Waals surface area contributed by atoms with Crippen molar-refractivity contribution in [3.05, 3.63) is 112 Å². The summed E-state index contributed by atoms with van der Waals surface area (Å²) in [6.45, 7) is 3.21. The molecule has 0 fully saturated rings. The molecule has 2 aliphatic rings. The first-order chi connectivity index (χ1) is 20.8. The fourth-order valence-corrected chi connectivity index (χ4v) is 4.81. The number of carboxylic acids is 1. The van der Waals surface area contributed by atoms with Crippen LogP contribution in [0, 0.1) is 5.82 Å². The second-order valence-electron chi connectivity index (χ2n) is 10.0. The Labute approximate surface area is 253 Å². The lowest BCUT2D eigenvalue weighted by Gasteiger charge is -2.28. The molecule has 1 aromatic heterocycles. The van der Waals surface area contributed by atoms with E-state index in [0.717, 1.165) is 34.7 Å². The average molecular weight is 627 g/mol. The van der Waals surface area contributed by atoms with E-state index in [2.05, 4.69) is 9.97 Å². The number of carbonyl (C=O) groups excluding carboxylic acids is 1. The quantitative estimate of drug-likeness (QED) is 0.177. The molecule has 0 atom stereocenters. The molecule has 0 spiro atoms. The highest BCUT2D eigenvalue weighted by molar-refractivity contribution is 6.30. The predicted octanol–water partition coefficient (Wildman–Crippen LogP) is 7.79. The number of pyridine rings is 2. The SMILES string of the molecule is CC(C)N(C(=O)c1ccc(Cl)cn1)c1cc(F)c(Oc2ccc(Cn3cccc4ccnc3-4)cc2C(F)(F)F)cc1C(=O)O. The summed E-state index contributed by atoms with van der Waals surface area (Å²) in [5, 5.41) is 10.2. The number of anilines is 1. The maximum atomic E-state index is 15.5. The lowest BCUT2D eigenvalue weighted by molar-refractivity contribution is -0.138. The lowest BCUT2D eigenvalue weighted by atomic mass is 10.1. The third-order valence-electron chi connectivity index (χ3n) is 6.67. The minimum atomic E-state index is -4.89. The van der Waals surface area contributed by atoms with Crippen LogP contribution in [0.5, 0.6) is 11.5 Å². The number of hydrogen-bond donors (Lipinski definition) is 1. The Kier molecular flexibility index (Phi) is 8.29. The molecule has 5 rings (SSSR count). The van der Waals surface area contributed by atoms with E-state index in [1.165, 1.54) is 24.4 Å². The van der Waals surface area contributed by atoms with E-state index in [0.29, 0.717) is 5.82 Å². The normalized spacial score (nSPS) is 11.6. The molecule has 0 unspecified atom stereocenters. The number of benzene rings is 2. The van der Waals surface area contributed by atoms with Crippen LogP contribution >= 0.6 is 11.6 Å². The predicted molar refractivity (Wildman–Crippen MR) is 154 cm³/mol. The molecule has 2 aliphatic heterocycles. The monoisotopic (exact) mass is 626 g/mol. The van der Waals surface area contributed by atoms with Crippen LogP contribution in [0.15, 0.2) is 79.3 Å². The third-order valence-corrected chi connectivity index (χ3v) is 6.89. The highest BCUT2D eigenvalue weighted by Gasteiger charge is 2.36. The van der Waals surface area contributed by atoms with E-state index in [4.69, 9.17) is 16.3 Å². The molecule has 0 saturated carbocycles. The van der Waals surface area contributed by atoms with Crippen LogP contribution in [0.25, 0.3) is 11.4 Å². The van der Waals surface area contributed by atoms with Gasteiger partial charge in [-0.3, -0.25) is 4.79 Å². The van der Waals surface area contributed by atoms with Crippen molar-refractivity contribution >= 4 is 29.2 Å². The standard InChI is InChI=1S/C31H23ClF4N4O4/c1-17(2)40(29(41)24-7-6-20(32)15-38-24)25-14-23(33)27(13-21(25)30(42)43)44-26-8-5-18(12-22(26)31(34,35)36)16-39-11-3-4-19-9-10-37-28(19)39/h3-15,17H,16H2,1-2H3,(H,42,43). The molecule has 3 heterocycles. The van der Waals surface area contributed by atoms with Gasteiger partial charge in [-0.25, -0.2) is 19.2 Å². The number of nitrogens with zero attached hydrogens (tertiary/aromatic N) is 4. The molecule has 0 radical (unpaired) electrons. The van der Waals surface area contributed by atoms with Crippen LogP contribution in [0.3, 0.4) is 0 Å². The number of aromatic carboxylic acids is 1. The Morgan fingerprint density at radius 1 is 1.05 bits per heavy atom. The number of aromatic nitrogens is 3. The molecule has 8 nitrogen and oxygen atoms in total. The van der Waals surface area contributed by atoms with Crippen LogP contribution < -0.4 is 9.64 Å². The van der Waals surface area contributed by atoms with Gasteiger partial charge in [0.15, 0.2) is 11.6 Å². The van der Waals surface area contributed by atoms with Gasteiger partial charge in [0.2, 0.25) is 0 Å². The third kappa shape index (κ3) is 6.20. The second-order valence-corrected chi connectivity index (χ2v) is 10.5. The van der Waals surface area contributed by atoms with Gasteiger partial charge in [0.05, 0.1) is 21.8 Å². The fourth-order valence-electron chi connectivity index (χ4n) is 4.70. The van der Waals surface area contributed by atoms with E-state index in [1.807, 2.05) is 6.07 Å². The van der Waals surface area contributed by atoms with Crippen LogP contribution in [-0.2, 0) is 12.7 Å². The van der Waals surface area contributed by atoms with Crippen molar-refractivity contribution in [3.63, 3.8) is 0 Å². The fraction of sp³-hybridized carbons (Fsp3) is 0.161. The minimum absolute atomic E-state index is 0.0610. The van der Waals surface area contributed by atoms with Crippen molar-refractivity contribution in [2.24, 2.45) is 0 Å². The van der Waals surface area contributed by atoms with Crippen LogP contribution in [-0.4, -0.2) is 37.6 Å². The number of alkyl halides is 3. The van der Waals surface area contributed by atoms with Gasteiger partial charge in [-0.15, -0.1) is 0 Å². The molecule has 0 saturated heterocycles. The number of amides is 1. The van der Waals surface area contributed by atoms with Gasteiger partial charge in [0.25, 0.3) is 5.91 Å². The smallest absolute Gasteiger partial charge is 0.419 e. The first-order valence-electron chi connectivity index (χ1n) is 13.1. The number of halogens is 5. The Bertz CT molecular complexity index is 1820. The topological polar surface area (TPSA) is 97.6 Å². The van der Waals surface area contributed by atoms with E-state index in [-0.39, 0.29) is 28.5 Å². The van der Waals surface area contributed by atoms with Crippen molar-refractivity contribution in [1.82, 2.24) is 14.5 Å². The zero-order valence-corrected chi connectivity index (χ0v) is 23.9. The zero-order chi connectivity index (χ0) is 31.8. The van der Waals surface area contributed by atoms with Crippen molar-refractivity contribution < 1.29 is 37.0 Å². The Morgan fingerprint density at radius 3 is 2.48 bits per heavy atom. The van der Waals surface area contributed by atoms with E-state index in [1.54, 1.807) is 42.9 Å². The maximum Gasteiger partial charge on any atom is 0.419 e. The summed E-state index contributed by atoms with van der Waals surface area (Å²) < 4.78 is 65.0. The molecule has 226 valence electrons. The number of fused-ring (bicyclic) bond motifs is 1. The van der Waals surface area contributed by atoms with Gasteiger partial charge in [0.1, 0.15) is 17.3 Å². The second kappa shape index (κ2) is 12.0. The molecule has 1 amide bonds. The van der Waals surface area contributed by atoms with Gasteiger partial charge < -0.3 is 19.3 Å². The highest BCUT2D eigenvalue weighted by atomic mass is 35.5. The first kappa shape index (κ1) is 30.5. The molecular weight excluding hydrogens is 604 g/mol. The Morgan fingerprint density at radius 2 is 1.82 bits per heavy atom. The number of carbonyl (C=O) groups is 2. The first-order valence-corrected chi connectivity index (χ1v) is 13.5. The number of carboxylic acid groups (broad SMARTS) is 1. The summed E-state index contributed by atoms with van der Waals surface area (Å²) in [7, 11) is 0. The van der Waals surface area contributed by atoms with E-state index < -0.39 is 52.5 Å². The lowest BCUT2D eigenvalue weighted by Crippen LogP contribution is -2.38. The van der Waals surface area contributed by atoms with E-state index in [9.17, 15) is 27.9 Å². The van der Waals surface area contributed by atoms with Gasteiger partial charge in [-0.2, -0.15) is 13.2 Å². The summed E-state index contributed by atoms with van der Waals surface area (Å²) in [4.78, 5) is 34.7. The van der Waals surface area contributed by atoms with Crippen molar-refractivity contribution in [1.29, 1.82) is 0 Å². The van der Waals surface area contributed by atoms with Crippen LogP contribution in [0.4, 0.5) is 23.2 Å². The Balaban J connectivity index is 1.51. The van der Waals surface area contributed by atoms with Gasteiger partial charge in [-0.1, -0.05) is 17.7 Å². The zero-order valence-electron chi connectivity index (χ0n) is 23.1. The molecule has 3 aromatic rings. The number of rotatable bonds is 8. The summed E-state index contributed by atoms with van der Waals surface area (Å²) in [6, 6.07) is 12.2. The molecule has 44 heavy (non-hydrogen) atoms. The summed E-state index contributed by atoms with van der Waals surface area (Å²) in [6.07, 6.45) is -0.385. The number of hydrogen-bond acceptors (Lipinski definition) is 5. The largest absolute Gasteiger partial charge is 0.478 e.